The van der Waals surface area contributed by atoms with Gasteiger partial charge in [0.05, 0.1) is 12.3 Å². The highest BCUT2D eigenvalue weighted by molar-refractivity contribution is 5.47. The summed E-state index contributed by atoms with van der Waals surface area (Å²) in [5.41, 5.74) is 7.11. The molecule has 0 bridgehead atoms. The van der Waals surface area contributed by atoms with Crippen molar-refractivity contribution in [1.29, 1.82) is 0 Å². The van der Waals surface area contributed by atoms with Crippen molar-refractivity contribution in [3.05, 3.63) is 11.8 Å². The van der Waals surface area contributed by atoms with Crippen LogP contribution in [-0.4, -0.2) is 81.4 Å². The average molecular weight is 334 g/mol. The molecule has 7 heteroatoms. The summed E-state index contributed by atoms with van der Waals surface area (Å²) in [7, 11) is 5.75. The van der Waals surface area contributed by atoms with Gasteiger partial charge in [-0.2, -0.15) is 4.98 Å². The lowest BCUT2D eigenvalue weighted by Gasteiger charge is -2.36. The van der Waals surface area contributed by atoms with Gasteiger partial charge in [0.1, 0.15) is 5.82 Å². The molecule has 0 radical (unpaired) electrons. The summed E-state index contributed by atoms with van der Waals surface area (Å²) in [5.74, 6) is 2.34. The van der Waals surface area contributed by atoms with Gasteiger partial charge in [-0.1, -0.05) is 0 Å². The highest BCUT2D eigenvalue weighted by Gasteiger charge is 2.30. The highest BCUT2D eigenvalue weighted by atomic mass is 16.5. The van der Waals surface area contributed by atoms with Crippen LogP contribution >= 0.6 is 0 Å². The SMILES string of the molecule is COCCN1CCN(c2cc(C3CC(N)C3)nc(N(C)C)n2)CC1. The van der Waals surface area contributed by atoms with E-state index in [1.165, 1.54) is 0 Å². The first kappa shape index (κ1) is 17.4. The maximum atomic E-state index is 5.96. The van der Waals surface area contributed by atoms with E-state index in [1.54, 1.807) is 7.11 Å². The van der Waals surface area contributed by atoms with Crippen molar-refractivity contribution < 1.29 is 4.74 Å². The van der Waals surface area contributed by atoms with Crippen molar-refractivity contribution in [2.45, 2.75) is 24.8 Å². The Morgan fingerprint density at radius 2 is 1.92 bits per heavy atom. The van der Waals surface area contributed by atoms with Crippen LogP contribution in [-0.2, 0) is 4.74 Å². The van der Waals surface area contributed by atoms with Crippen molar-refractivity contribution in [3.8, 4) is 0 Å². The van der Waals surface area contributed by atoms with E-state index in [9.17, 15) is 0 Å². The maximum absolute atomic E-state index is 5.96. The van der Waals surface area contributed by atoms with E-state index in [-0.39, 0.29) is 0 Å². The van der Waals surface area contributed by atoms with Crippen LogP contribution < -0.4 is 15.5 Å². The zero-order chi connectivity index (χ0) is 17.1. The molecule has 0 spiro atoms. The van der Waals surface area contributed by atoms with E-state index in [1.807, 2.05) is 19.0 Å². The van der Waals surface area contributed by atoms with Gasteiger partial charge in [-0.25, -0.2) is 4.98 Å². The monoisotopic (exact) mass is 334 g/mol. The Kier molecular flexibility index (Phi) is 5.53. The van der Waals surface area contributed by atoms with Gasteiger partial charge in [0.2, 0.25) is 5.95 Å². The molecule has 2 heterocycles. The van der Waals surface area contributed by atoms with Crippen LogP contribution in [0.1, 0.15) is 24.5 Å². The molecule has 2 aliphatic rings. The largest absolute Gasteiger partial charge is 0.383 e. The Bertz CT molecular complexity index is 538. The molecular weight excluding hydrogens is 304 g/mol. The predicted molar refractivity (Wildman–Crippen MR) is 96.8 cm³/mol. The van der Waals surface area contributed by atoms with Gasteiger partial charge in [0, 0.05) is 72.0 Å². The van der Waals surface area contributed by atoms with Crippen molar-refractivity contribution in [3.63, 3.8) is 0 Å². The van der Waals surface area contributed by atoms with E-state index in [0.29, 0.717) is 12.0 Å². The summed E-state index contributed by atoms with van der Waals surface area (Å²) < 4.78 is 5.18. The van der Waals surface area contributed by atoms with E-state index in [0.717, 1.165) is 69.6 Å². The van der Waals surface area contributed by atoms with Crippen LogP contribution in [0.15, 0.2) is 6.07 Å². The fraction of sp³-hybridized carbons (Fsp3) is 0.765. The topological polar surface area (TPSA) is 70.8 Å². The van der Waals surface area contributed by atoms with E-state index >= 15 is 0 Å². The number of aromatic nitrogens is 2. The molecule has 1 aromatic rings. The number of piperazine rings is 1. The molecule has 0 atom stereocenters. The number of rotatable bonds is 6. The number of methoxy groups -OCH3 is 1. The highest BCUT2D eigenvalue weighted by Crippen LogP contribution is 2.36. The van der Waals surface area contributed by atoms with Crippen LogP contribution in [0.25, 0.3) is 0 Å². The molecule has 24 heavy (non-hydrogen) atoms. The van der Waals surface area contributed by atoms with Crippen LogP contribution in [0, 0.1) is 0 Å². The lowest BCUT2D eigenvalue weighted by Crippen LogP contribution is -2.47. The van der Waals surface area contributed by atoms with Gasteiger partial charge in [-0.05, 0) is 12.8 Å². The summed E-state index contributed by atoms with van der Waals surface area (Å²) in [6.07, 6.45) is 2.07. The quantitative estimate of drug-likeness (QED) is 0.813. The van der Waals surface area contributed by atoms with Crippen LogP contribution in [0.3, 0.4) is 0 Å². The van der Waals surface area contributed by atoms with Crippen LogP contribution in [0.5, 0.6) is 0 Å². The Morgan fingerprint density at radius 3 is 2.50 bits per heavy atom. The summed E-state index contributed by atoms with van der Waals surface area (Å²) in [4.78, 5) is 16.3. The zero-order valence-electron chi connectivity index (χ0n) is 15.1. The Balaban J connectivity index is 1.70. The number of ether oxygens (including phenoxy) is 1. The number of hydrogen-bond acceptors (Lipinski definition) is 7. The second kappa shape index (κ2) is 7.63. The zero-order valence-corrected chi connectivity index (χ0v) is 15.1. The van der Waals surface area contributed by atoms with E-state index in [4.69, 9.17) is 20.4 Å². The average Bonchev–Trinajstić information content (AvgIpc) is 2.57. The Hall–Kier alpha value is -1.44. The first-order valence-electron chi connectivity index (χ1n) is 8.85. The molecule has 134 valence electrons. The van der Waals surface area contributed by atoms with Gasteiger partial charge in [0.15, 0.2) is 0 Å². The number of nitrogens with two attached hydrogens (primary N) is 1. The molecular formula is C17H30N6O. The van der Waals surface area contributed by atoms with Crippen LogP contribution in [0.2, 0.25) is 0 Å². The third-order valence-corrected chi connectivity index (χ3v) is 5.02. The molecule has 0 amide bonds. The predicted octanol–water partition coefficient (Wildman–Crippen LogP) is 0.516. The summed E-state index contributed by atoms with van der Waals surface area (Å²) in [6, 6.07) is 2.51. The molecule has 0 aromatic carbocycles. The van der Waals surface area contributed by atoms with E-state index in [2.05, 4.69) is 15.9 Å². The van der Waals surface area contributed by atoms with Gasteiger partial charge in [0.25, 0.3) is 0 Å². The van der Waals surface area contributed by atoms with Gasteiger partial charge in [-0.3, -0.25) is 4.90 Å². The van der Waals surface area contributed by atoms with Gasteiger partial charge >= 0.3 is 0 Å². The molecule has 1 aromatic heterocycles. The van der Waals surface area contributed by atoms with Crippen molar-refractivity contribution in [1.82, 2.24) is 14.9 Å². The minimum Gasteiger partial charge on any atom is -0.383 e. The Labute approximate surface area is 144 Å². The first-order chi connectivity index (χ1) is 11.6. The first-order valence-corrected chi connectivity index (χ1v) is 8.85. The molecule has 2 fully saturated rings. The summed E-state index contributed by atoms with van der Waals surface area (Å²) in [5, 5.41) is 0. The molecule has 7 nitrogen and oxygen atoms in total. The van der Waals surface area contributed by atoms with Crippen molar-refractivity contribution >= 4 is 11.8 Å². The summed E-state index contributed by atoms with van der Waals surface area (Å²) >= 11 is 0. The number of nitrogens with zero attached hydrogens (tertiary/aromatic N) is 5. The third kappa shape index (κ3) is 3.96. The molecule has 2 N–H and O–H groups in total. The second-order valence-corrected chi connectivity index (χ2v) is 7.10. The molecule has 3 rings (SSSR count). The van der Waals surface area contributed by atoms with Gasteiger partial charge < -0.3 is 20.3 Å². The Morgan fingerprint density at radius 1 is 1.21 bits per heavy atom. The number of anilines is 2. The number of hydrogen-bond donors (Lipinski definition) is 1. The van der Waals surface area contributed by atoms with Crippen LogP contribution in [0.4, 0.5) is 11.8 Å². The molecule has 1 aliphatic carbocycles. The standard InChI is InChI=1S/C17H30N6O/c1-21(2)17-19-15(13-10-14(18)11-13)12-16(20-17)23-6-4-22(5-7-23)8-9-24-3/h12-14H,4-11,18H2,1-3H3. The lowest BCUT2D eigenvalue weighted by molar-refractivity contribution is 0.144. The molecule has 1 saturated carbocycles. The summed E-state index contributed by atoms with van der Waals surface area (Å²) in [6.45, 7) is 5.89. The van der Waals surface area contributed by atoms with Crippen molar-refractivity contribution in [2.75, 3.05) is 70.3 Å². The third-order valence-electron chi connectivity index (χ3n) is 5.02. The normalized spacial score (nSPS) is 24.8. The lowest BCUT2D eigenvalue weighted by atomic mass is 9.78. The van der Waals surface area contributed by atoms with Crippen molar-refractivity contribution in [2.24, 2.45) is 5.73 Å². The maximum Gasteiger partial charge on any atom is 0.227 e. The minimum atomic E-state index is 0.334. The smallest absolute Gasteiger partial charge is 0.227 e. The molecule has 0 unspecified atom stereocenters. The minimum absolute atomic E-state index is 0.334. The van der Waals surface area contributed by atoms with E-state index < -0.39 is 0 Å². The van der Waals surface area contributed by atoms with Gasteiger partial charge in [-0.15, -0.1) is 0 Å². The molecule has 1 aliphatic heterocycles. The molecule has 1 saturated heterocycles. The second-order valence-electron chi connectivity index (χ2n) is 7.10. The fourth-order valence-corrected chi connectivity index (χ4v) is 3.34. The fourth-order valence-electron chi connectivity index (χ4n) is 3.34.